The monoisotopic (exact) mass is 315 g/mol. The van der Waals surface area contributed by atoms with Gasteiger partial charge in [0.2, 0.25) is 11.8 Å². The second-order valence-electron chi connectivity index (χ2n) is 6.71. The molecule has 2 amide bonds. The molecule has 0 bridgehead atoms. The number of anilines is 1. The van der Waals surface area contributed by atoms with Gasteiger partial charge in [-0.2, -0.15) is 0 Å². The van der Waals surface area contributed by atoms with Crippen molar-refractivity contribution in [1.82, 2.24) is 10.6 Å². The Morgan fingerprint density at radius 2 is 2.26 bits per heavy atom. The second-order valence-corrected chi connectivity index (χ2v) is 6.71. The number of hydrogen-bond acceptors (Lipinski definition) is 3. The van der Waals surface area contributed by atoms with Gasteiger partial charge in [0, 0.05) is 18.2 Å². The number of amides is 2. The van der Waals surface area contributed by atoms with Gasteiger partial charge in [-0.05, 0) is 55.5 Å². The van der Waals surface area contributed by atoms with Gasteiger partial charge in [-0.3, -0.25) is 9.59 Å². The highest BCUT2D eigenvalue weighted by Gasteiger charge is 2.22. The van der Waals surface area contributed by atoms with Crippen molar-refractivity contribution in [3.63, 3.8) is 0 Å². The topological polar surface area (TPSA) is 70.2 Å². The molecule has 5 nitrogen and oxygen atoms in total. The first-order valence-electron chi connectivity index (χ1n) is 8.53. The molecule has 2 aliphatic heterocycles. The predicted molar refractivity (Wildman–Crippen MR) is 90.3 cm³/mol. The van der Waals surface area contributed by atoms with Gasteiger partial charge in [-0.1, -0.05) is 19.1 Å². The summed E-state index contributed by atoms with van der Waals surface area (Å²) in [7, 11) is 0. The highest BCUT2D eigenvalue weighted by molar-refractivity contribution is 5.99. The number of piperidine rings is 1. The number of nitrogens with one attached hydrogen (secondary N) is 3. The molecule has 0 spiro atoms. The van der Waals surface area contributed by atoms with Crippen LogP contribution in [-0.2, 0) is 22.4 Å². The van der Waals surface area contributed by atoms with E-state index in [4.69, 9.17) is 0 Å². The molecular weight excluding hydrogens is 290 g/mol. The number of benzene rings is 1. The van der Waals surface area contributed by atoms with Gasteiger partial charge >= 0.3 is 0 Å². The molecule has 0 saturated carbocycles. The Balaban J connectivity index is 1.43. The van der Waals surface area contributed by atoms with Crippen molar-refractivity contribution < 1.29 is 9.59 Å². The first-order chi connectivity index (χ1) is 11.1. The summed E-state index contributed by atoms with van der Waals surface area (Å²) in [6.07, 6.45) is 3.75. The summed E-state index contributed by atoms with van der Waals surface area (Å²) in [5.41, 5.74) is 3.19. The summed E-state index contributed by atoms with van der Waals surface area (Å²) in [5.74, 6) is 0.712. The fourth-order valence-corrected chi connectivity index (χ4v) is 3.40. The zero-order valence-electron chi connectivity index (χ0n) is 13.7. The molecule has 0 aromatic heterocycles. The highest BCUT2D eigenvalue weighted by Crippen LogP contribution is 2.24. The van der Waals surface area contributed by atoms with E-state index in [0.29, 0.717) is 24.8 Å². The molecule has 2 atom stereocenters. The van der Waals surface area contributed by atoms with Crippen LogP contribution < -0.4 is 16.0 Å². The number of hydrogen-bond donors (Lipinski definition) is 3. The average molecular weight is 315 g/mol. The molecule has 3 N–H and O–H groups in total. The van der Waals surface area contributed by atoms with Crippen molar-refractivity contribution in [1.29, 1.82) is 0 Å². The number of fused-ring (bicyclic) bond motifs is 1. The second kappa shape index (κ2) is 7.13. The van der Waals surface area contributed by atoms with E-state index >= 15 is 0 Å². The van der Waals surface area contributed by atoms with Crippen molar-refractivity contribution in [2.75, 3.05) is 18.4 Å². The maximum Gasteiger partial charge on any atom is 0.228 e. The van der Waals surface area contributed by atoms with Crippen LogP contribution >= 0.6 is 0 Å². The molecule has 2 unspecified atom stereocenters. The van der Waals surface area contributed by atoms with Gasteiger partial charge in [0.25, 0.3) is 0 Å². The lowest BCUT2D eigenvalue weighted by atomic mass is 9.95. The first-order valence-corrected chi connectivity index (χ1v) is 8.53. The Labute approximate surface area is 137 Å². The lowest BCUT2D eigenvalue weighted by Crippen LogP contribution is -2.48. The Morgan fingerprint density at radius 3 is 3.09 bits per heavy atom. The SMILES string of the molecule is CC1CNCCC1NC(=O)CCCc1ccc2c(c1)CC(=O)N2. The van der Waals surface area contributed by atoms with Crippen LogP contribution in [0.15, 0.2) is 18.2 Å². The molecule has 1 aromatic rings. The molecule has 124 valence electrons. The lowest BCUT2D eigenvalue weighted by Gasteiger charge is -2.30. The molecular formula is C18H25N3O2. The first kappa shape index (κ1) is 16.0. The summed E-state index contributed by atoms with van der Waals surface area (Å²) in [6, 6.07) is 6.39. The molecule has 23 heavy (non-hydrogen) atoms. The van der Waals surface area contributed by atoms with E-state index in [0.717, 1.165) is 43.6 Å². The molecule has 0 radical (unpaired) electrons. The highest BCUT2D eigenvalue weighted by atomic mass is 16.2. The number of carbonyl (C=O) groups is 2. The summed E-state index contributed by atoms with van der Waals surface area (Å²) < 4.78 is 0. The van der Waals surface area contributed by atoms with E-state index in [2.05, 4.69) is 28.9 Å². The van der Waals surface area contributed by atoms with E-state index in [1.165, 1.54) is 5.56 Å². The molecule has 2 heterocycles. The van der Waals surface area contributed by atoms with Gasteiger partial charge in [0.05, 0.1) is 6.42 Å². The van der Waals surface area contributed by atoms with Gasteiger partial charge in [-0.25, -0.2) is 0 Å². The van der Waals surface area contributed by atoms with Crippen molar-refractivity contribution in [3.05, 3.63) is 29.3 Å². The number of rotatable bonds is 5. The van der Waals surface area contributed by atoms with Crippen molar-refractivity contribution in [2.45, 2.75) is 45.1 Å². The largest absolute Gasteiger partial charge is 0.353 e. The maximum absolute atomic E-state index is 12.1. The smallest absolute Gasteiger partial charge is 0.228 e. The molecule has 2 aliphatic rings. The molecule has 1 fully saturated rings. The minimum Gasteiger partial charge on any atom is -0.353 e. The summed E-state index contributed by atoms with van der Waals surface area (Å²) in [6.45, 7) is 4.14. The minimum absolute atomic E-state index is 0.0626. The Bertz CT molecular complexity index is 600. The van der Waals surface area contributed by atoms with Crippen LogP contribution in [0.3, 0.4) is 0 Å². The Morgan fingerprint density at radius 1 is 1.39 bits per heavy atom. The van der Waals surface area contributed by atoms with E-state index in [1.54, 1.807) is 0 Å². The van der Waals surface area contributed by atoms with E-state index in [9.17, 15) is 9.59 Å². The summed E-state index contributed by atoms with van der Waals surface area (Å²) >= 11 is 0. The normalized spacial score (nSPS) is 23.3. The van der Waals surface area contributed by atoms with E-state index in [-0.39, 0.29) is 11.8 Å². The van der Waals surface area contributed by atoms with Crippen LogP contribution in [0.25, 0.3) is 0 Å². The van der Waals surface area contributed by atoms with Crippen LogP contribution in [0.4, 0.5) is 5.69 Å². The van der Waals surface area contributed by atoms with Crippen LogP contribution in [0.5, 0.6) is 0 Å². The van der Waals surface area contributed by atoms with Gasteiger partial charge in [0.1, 0.15) is 0 Å². The molecule has 5 heteroatoms. The Kier molecular flexibility index (Phi) is 4.96. The maximum atomic E-state index is 12.1. The van der Waals surface area contributed by atoms with Gasteiger partial charge in [0.15, 0.2) is 0 Å². The zero-order valence-corrected chi connectivity index (χ0v) is 13.7. The predicted octanol–water partition coefficient (Wildman–Crippen LogP) is 1.62. The number of aryl methyl sites for hydroxylation is 1. The van der Waals surface area contributed by atoms with Gasteiger partial charge < -0.3 is 16.0 Å². The van der Waals surface area contributed by atoms with Crippen molar-refractivity contribution in [3.8, 4) is 0 Å². The average Bonchev–Trinajstić information content (AvgIpc) is 2.89. The van der Waals surface area contributed by atoms with Crippen molar-refractivity contribution in [2.24, 2.45) is 5.92 Å². The third-order valence-corrected chi connectivity index (χ3v) is 4.80. The molecule has 3 rings (SSSR count). The lowest BCUT2D eigenvalue weighted by molar-refractivity contribution is -0.122. The van der Waals surface area contributed by atoms with Crippen LogP contribution in [0, 0.1) is 5.92 Å². The van der Waals surface area contributed by atoms with Gasteiger partial charge in [-0.15, -0.1) is 0 Å². The number of carbonyl (C=O) groups excluding carboxylic acids is 2. The van der Waals surface area contributed by atoms with Crippen molar-refractivity contribution >= 4 is 17.5 Å². The van der Waals surface area contributed by atoms with Crippen LogP contribution in [0.2, 0.25) is 0 Å². The quantitative estimate of drug-likeness (QED) is 0.773. The standard InChI is InChI=1S/C18H25N3O2/c1-12-11-19-8-7-15(12)20-17(22)4-2-3-13-5-6-16-14(9-13)10-18(23)21-16/h5-6,9,12,15,19H,2-4,7-8,10-11H2,1H3,(H,20,22)(H,21,23). The van der Waals surface area contributed by atoms with E-state index < -0.39 is 0 Å². The zero-order chi connectivity index (χ0) is 16.2. The molecule has 1 saturated heterocycles. The Hall–Kier alpha value is -1.88. The molecule has 1 aromatic carbocycles. The summed E-state index contributed by atoms with van der Waals surface area (Å²) in [4.78, 5) is 23.5. The third-order valence-electron chi connectivity index (χ3n) is 4.80. The summed E-state index contributed by atoms with van der Waals surface area (Å²) in [5, 5.41) is 9.35. The third kappa shape index (κ3) is 4.10. The van der Waals surface area contributed by atoms with Crippen LogP contribution in [0.1, 0.15) is 37.3 Å². The van der Waals surface area contributed by atoms with Crippen LogP contribution in [-0.4, -0.2) is 30.9 Å². The fraction of sp³-hybridized carbons (Fsp3) is 0.556. The molecule has 0 aliphatic carbocycles. The fourth-order valence-electron chi connectivity index (χ4n) is 3.40. The van der Waals surface area contributed by atoms with E-state index in [1.807, 2.05) is 12.1 Å². The minimum atomic E-state index is 0.0626.